The van der Waals surface area contributed by atoms with E-state index in [0.29, 0.717) is 12.3 Å². The lowest BCUT2D eigenvalue weighted by atomic mass is 10.2. The van der Waals surface area contributed by atoms with Crippen molar-refractivity contribution in [2.75, 3.05) is 38.7 Å². The number of aryl methyl sites for hydroxylation is 2. The first-order valence-corrected chi connectivity index (χ1v) is 10.1. The van der Waals surface area contributed by atoms with Crippen LogP contribution in [0, 0.1) is 13.8 Å². The summed E-state index contributed by atoms with van der Waals surface area (Å²) < 4.78 is 10.6. The minimum atomic E-state index is 0.0876. The first kappa shape index (κ1) is 18.9. The number of rotatable bonds is 5. The molecule has 3 heterocycles. The molecule has 8 heteroatoms. The van der Waals surface area contributed by atoms with Crippen LogP contribution in [0.3, 0.4) is 0 Å². The van der Waals surface area contributed by atoms with Crippen molar-refractivity contribution < 1.29 is 14.6 Å². The maximum absolute atomic E-state index is 10.1. The SMILES string of the molecule is COc1ccc(Nc2nc(CN3CCOCC3)nc3sc(C)c(C)c23)cc1O. The molecule has 0 saturated carbocycles. The van der Waals surface area contributed by atoms with Crippen molar-refractivity contribution in [1.82, 2.24) is 14.9 Å². The Balaban J connectivity index is 1.71. The van der Waals surface area contributed by atoms with E-state index in [2.05, 4.69) is 24.1 Å². The number of morpholine rings is 1. The molecule has 2 aromatic heterocycles. The van der Waals surface area contributed by atoms with Gasteiger partial charge in [-0.05, 0) is 31.5 Å². The molecule has 1 aliphatic heterocycles. The Morgan fingerprint density at radius 3 is 2.75 bits per heavy atom. The van der Waals surface area contributed by atoms with Crippen LogP contribution in [0.2, 0.25) is 0 Å². The number of ether oxygens (including phenoxy) is 2. The van der Waals surface area contributed by atoms with Crippen LogP contribution >= 0.6 is 11.3 Å². The number of aromatic nitrogens is 2. The summed E-state index contributed by atoms with van der Waals surface area (Å²) in [5.74, 6) is 2.08. The maximum atomic E-state index is 10.1. The summed E-state index contributed by atoms with van der Waals surface area (Å²) in [4.78, 5) is 14.2. The van der Waals surface area contributed by atoms with E-state index in [4.69, 9.17) is 19.4 Å². The second-order valence-corrected chi connectivity index (χ2v) is 8.06. The third-order valence-electron chi connectivity index (χ3n) is 4.99. The highest BCUT2D eigenvalue weighted by Crippen LogP contribution is 2.36. The van der Waals surface area contributed by atoms with Crippen LogP contribution in [0.15, 0.2) is 18.2 Å². The molecule has 1 fully saturated rings. The maximum Gasteiger partial charge on any atom is 0.160 e. The number of phenols is 1. The number of methoxy groups -OCH3 is 1. The molecule has 0 aliphatic carbocycles. The van der Waals surface area contributed by atoms with Gasteiger partial charge in [0.1, 0.15) is 16.5 Å². The Hall–Kier alpha value is -2.42. The van der Waals surface area contributed by atoms with E-state index in [1.807, 2.05) is 6.07 Å². The molecular formula is C20H24N4O3S. The molecule has 0 unspecified atom stereocenters. The van der Waals surface area contributed by atoms with Gasteiger partial charge in [-0.15, -0.1) is 11.3 Å². The van der Waals surface area contributed by atoms with E-state index in [0.717, 1.165) is 53.8 Å². The predicted octanol–water partition coefficient (Wildman–Crippen LogP) is 3.60. The van der Waals surface area contributed by atoms with E-state index in [9.17, 15) is 5.11 Å². The van der Waals surface area contributed by atoms with Gasteiger partial charge in [0, 0.05) is 29.7 Å². The highest BCUT2D eigenvalue weighted by molar-refractivity contribution is 7.18. The molecule has 3 aromatic rings. The van der Waals surface area contributed by atoms with Crippen LogP contribution in [0.4, 0.5) is 11.5 Å². The monoisotopic (exact) mass is 400 g/mol. The predicted molar refractivity (Wildman–Crippen MR) is 111 cm³/mol. The van der Waals surface area contributed by atoms with Gasteiger partial charge in [-0.2, -0.15) is 0 Å². The van der Waals surface area contributed by atoms with Crippen LogP contribution in [-0.2, 0) is 11.3 Å². The first-order chi connectivity index (χ1) is 13.5. The lowest BCUT2D eigenvalue weighted by Gasteiger charge is -2.25. The fourth-order valence-electron chi connectivity index (χ4n) is 3.32. The Kier molecular flexibility index (Phi) is 5.34. The molecule has 0 amide bonds. The zero-order chi connectivity index (χ0) is 19.7. The summed E-state index contributed by atoms with van der Waals surface area (Å²) >= 11 is 1.69. The Bertz CT molecular complexity index is 999. The zero-order valence-corrected chi connectivity index (χ0v) is 17.1. The standard InChI is InChI=1S/C20H24N4O3S/c1-12-13(2)28-20-18(12)19(21-14-4-5-16(26-3)15(25)10-14)22-17(23-20)11-24-6-8-27-9-7-24/h4-5,10,25H,6-9,11H2,1-3H3,(H,21,22,23). The highest BCUT2D eigenvalue weighted by atomic mass is 32.1. The molecule has 0 atom stereocenters. The van der Waals surface area contributed by atoms with E-state index in [1.54, 1.807) is 23.5 Å². The van der Waals surface area contributed by atoms with E-state index < -0.39 is 0 Å². The van der Waals surface area contributed by atoms with Crippen LogP contribution in [0.25, 0.3) is 10.2 Å². The number of thiophene rings is 1. The summed E-state index contributed by atoms with van der Waals surface area (Å²) in [6.45, 7) is 8.16. The van der Waals surface area contributed by atoms with Gasteiger partial charge in [0.2, 0.25) is 0 Å². The van der Waals surface area contributed by atoms with Crippen molar-refractivity contribution in [2.45, 2.75) is 20.4 Å². The quantitative estimate of drug-likeness (QED) is 0.677. The van der Waals surface area contributed by atoms with Crippen LogP contribution in [0.1, 0.15) is 16.3 Å². The number of nitrogens with zero attached hydrogens (tertiary/aromatic N) is 3. The highest BCUT2D eigenvalue weighted by Gasteiger charge is 2.18. The van der Waals surface area contributed by atoms with Gasteiger partial charge in [0.25, 0.3) is 0 Å². The fourth-order valence-corrected chi connectivity index (χ4v) is 4.37. The number of hydrogen-bond donors (Lipinski definition) is 2. The van der Waals surface area contributed by atoms with Gasteiger partial charge in [-0.1, -0.05) is 0 Å². The minimum Gasteiger partial charge on any atom is -0.504 e. The summed E-state index contributed by atoms with van der Waals surface area (Å²) in [6.07, 6.45) is 0. The number of nitrogens with one attached hydrogen (secondary N) is 1. The summed E-state index contributed by atoms with van der Waals surface area (Å²) in [5.41, 5.74) is 1.93. The summed E-state index contributed by atoms with van der Waals surface area (Å²) in [6, 6.07) is 5.24. The topological polar surface area (TPSA) is 79.7 Å². The van der Waals surface area contributed by atoms with Crippen molar-refractivity contribution in [1.29, 1.82) is 0 Å². The molecular weight excluding hydrogens is 376 g/mol. The van der Waals surface area contributed by atoms with Gasteiger partial charge < -0.3 is 19.9 Å². The van der Waals surface area contributed by atoms with Gasteiger partial charge in [-0.3, -0.25) is 4.90 Å². The van der Waals surface area contributed by atoms with Crippen LogP contribution < -0.4 is 10.1 Å². The van der Waals surface area contributed by atoms with Gasteiger partial charge in [0.05, 0.1) is 32.3 Å². The largest absolute Gasteiger partial charge is 0.504 e. The number of fused-ring (bicyclic) bond motifs is 1. The zero-order valence-electron chi connectivity index (χ0n) is 16.3. The average Bonchev–Trinajstić information content (AvgIpc) is 2.97. The Morgan fingerprint density at radius 2 is 2.04 bits per heavy atom. The number of hydrogen-bond acceptors (Lipinski definition) is 8. The molecule has 28 heavy (non-hydrogen) atoms. The van der Waals surface area contributed by atoms with Crippen LogP contribution in [0.5, 0.6) is 11.5 Å². The van der Waals surface area contributed by atoms with Crippen molar-refractivity contribution >= 4 is 33.1 Å². The number of aromatic hydroxyl groups is 1. The second kappa shape index (κ2) is 7.90. The third-order valence-corrected chi connectivity index (χ3v) is 6.09. The fraction of sp³-hybridized carbons (Fsp3) is 0.400. The van der Waals surface area contributed by atoms with Crippen molar-refractivity contribution in [3.05, 3.63) is 34.5 Å². The molecule has 1 saturated heterocycles. The molecule has 1 aromatic carbocycles. The second-order valence-electron chi connectivity index (χ2n) is 6.85. The molecule has 0 bridgehead atoms. The first-order valence-electron chi connectivity index (χ1n) is 9.26. The van der Waals surface area contributed by atoms with Gasteiger partial charge in [0.15, 0.2) is 11.5 Å². The normalized spacial score (nSPS) is 15.1. The molecule has 148 valence electrons. The molecule has 4 rings (SSSR count). The molecule has 1 aliphatic rings. The van der Waals surface area contributed by atoms with Crippen LogP contribution in [-0.4, -0.2) is 53.4 Å². The number of phenolic OH excluding ortho intramolecular Hbond substituents is 1. The number of benzene rings is 1. The lowest BCUT2D eigenvalue weighted by molar-refractivity contribution is 0.0331. The van der Waals surface area contributed by atoms with Gasteiger partial charge >= 0.3 is 0 Å². The smallest absolute Gasteiger partial charge is 0.160 e. The number of anilines is 2. The van der Waals surface area contributed by atoms with Crippen molar-refractivity contribution in [3.63, 3.8) is 0 Å². The molecule has 0 radical (unpaired) electrons. The molecule has 7 nitrogen and oxygen atoms in total. The Morgan fingerprint density at radius 1 is 1.25 bits per heavy atom. The van der Waals surface area contributed by atoms with E-state index in [1.165, 1.54) is 17.6 Å². The minimum absolute atomic E-state index is 0.0876. The summed E-state index contributed by atoms with van der Waals surface area (Å²) in [7, 11) is 1.53. The molecule has 2 N–H and O–H groups in total. The summed E-state index contributed by atoms with van der Waals surface area (Å²) in [5, 5.41) is 14.5. The van der Waals surface area contributed by atoms with E-state index in [-0.39, 0.29) is 5.75 Å². The van der Waals surface area contributed by atoms with E-state index >= 15 is 0 Å². The average molecular weight is 401 g/mol. The third kappa shape index (κ3) is 3.76. The Labute approximate surface area is 167 Å². The lowest BCUT2D eigenvalue weighted by Crippen LogP contribution is -2.36. The van der Waals surface area contributed by atoms with Crippen molar-refractivity contribution in [3.8, 4) is 11.5 Å². The van der Waals surface area contributed by atoms with Crippen molar-refractivity contribution in [2.24, 2.45) is 0 Å². The van der Waals surface area contributed by atoms with Gasteiger partial charge in [-0.25, -0.2) is 9.97 Å². The molecule has 0 spiro atoms.